The van der Waals surface area contributed by atoms with Gasteiger partial charge in [0.05, 0.1) is 0 Å². The number of nitrogens with two attached hydrogens (primary N) is 1. The predicted molar refractivity (Wildman–Crippen MR) is 57.5 cm³/mol. The Morgan fingerprint density at radius 1 is 1.21 bits per heavy atom. The van der Waals surface area contributed by atoms with Gasteiger partial charge in [0.25, 0.3) is 0 Å². The zero-order chi connectivity index (χ0) is 9.80. The number of halogens is 1. The van der Waals surface area contributed by atoms with Gasteiger partial charge in [0.15, 0.2) is 0 Å². The van der Waals surface area contributed by atoms with Crippen molar-refractivity contribution >= 4 is 11.6 Å². The molecular formula is C11H17ClN2+2. The number of hydrogen-bond donors (Lipinski definition) is 2. The van der Waals surface area contributed by atoms with E-state index < -0.39 is 0 Å². The van der Waals surface area contributed by atoms with Crippen LogP contribution in [0.1, 0.15) is 5.56 Å². The van der Waals surface area contributed by atoms with E-state index in [0.29, 0.717) is 0 Å². The summed E-state index contributed by atoms with van der Waals surface area (Å²) in [6.07, 6.45) is 0. The monoisotopic (exact) mass is 212 g/mol. The van der Waals surface area contributed by atoms with Crippen LogP contribution < -0.4 is 10.2 Å². The summed E-state index contributed by atoms with van der Waals surface area (Å²) in [4.78, 5) is 1.65. The summed E-state index contributed by atoms with van der Waals surface area (Å²) in [5.41, 5.74) is 1.28. The molecule has 0 bridgehead atoms. The minimum Gasteiger partial charge on any atom is -0.337 e. The topological polar surface area (TPSA) is 21.1 Å². The van der Waals surface area contributed by atoms with Crippen LogP contribution in [0.4, 0.5) is 0 Å². The summed E-state index contributed by atoms with van der Waals surface area (Å²) >= 11 is 6.12. The molecule has 1 heterocycles. The molecule has 0 aromatic heterocycles. The van der Waals surface area contributed by atoms with Crippen molar-refractivity contribution in [2.45, 2.75) is 6.54 Å². The van der Waals surface area contributed by atoms with Gasteiger partial charge in [-0.1, -0.05) is 29.8 Å². The lowest BCUT2D eigenvalue weighted by atomic mass is 10.2. The Morgan fingerprint density at radius 2 is 1.93 bits per heavy atom. The van der Waals surface area contributed by atoms with E-state index in [1.54, 1.807) is 4.90 Å². The van der Waals surface area contributed by atoms with Crippen LogP contribution in [0.15, 0.2) is 24.3 Å². The number of hydrogen-bond acceptors (Lipinski definition) is 0. The van der Waals surface area contributed by atoms with Crippen molar-refractivity contribution in [3.8, 4) is 0 Å². The molecule has 2 rings (SSSR count). The van der Waals surface area contributed by atoms with Crippen LogP contribution >= 0.6 is 11.6 Å². The molecule has 1 aliphatic rings. The summed E-state index contributed by atoms with van der Waals surface area (Å²) in [5.74, 6) is 0. The maximum absolute atomic E-state index is 6.12. The Kier molecular flexibility index (Phi) is 3.40. The first-order valence-electron chi connectivity index (χ1n) is 5.25. The van der Waals surface area contributed by atoms with Crippen LogP contribution in [0.5, 0.6) is 0 Å². The third-order valence-electron chi connectivity index (χ3n) is 2.80. The molecule has 1 fully saturated rings. The standard InChI is InChI=1S/C11H15ClN2/c12-11-4-2-1-3-10(11)9-14-7-5-13-6-8-14/h1-4,13H,5-9H2/p+2. The van der Waals surface area contributed by atoms with E-state index >= 15 is 0 Å². The molecule has 0 saturated carbocycles. The van der Waals surface area contributed by atoms with E-state index in [1.165, 1.54) is 31.7 Å². The summed E-state index contributed by atoms with van der Waals surface area (Å²) in [7, 11) is 0. The second-order valence-corrected chi connectivity index (χ2v) is 4.29. The molecule has 1 aromatic rings. The first kappa shape index (κ1) is 9.97. The zero-order valence-corrected chi connectivity index (χ0v) is 9.06. The van der Waals surface area contributed by atoms with Crippen molar-refractivity contribution in [2.75, 3.05) is 26.2 Å². The molecule has 3 heteroatoms. The molecule has 0 radical (unpaired) electrons. The molecule has 1 aromatic carbocycles. The molecule has 0 spiro atoms. The normalized spacial score (nSPS) is 18.4. The molecule has 1 aliphatic heterocycles. The largest absolute Gasteiger partial charge is 0.337 e. The lowest BCUT2D eigenvalue weighted by molar-refractivity contribution is -0.958. The molecule has 0 amide bonds. The zero-order valence-electron chi connectivity index (χ0n) is 8.30. The van der Waals surface area contributed by atoms with E-state index in [4.69, 9.17) is 11.6 Å². The van der Waals surface area contributed by atoms with Crippen molar-refractivity contribution in [3.63, 3.8) is 0 Å². The number of nitrogens with one attached hydrogen (secondary N) is 1. The second-order valence-electron chi connectivity index (χ2n) is 3.88. The Bertz CT molecular complexity index is 295. The quantitative estimate of drug-likeness (QED) is 0.648. The fourth-order valence-electron chi connectivity index (χ4n) is 1.97. The van der Waals surface area contributed by atoms with Gasteiger partial charge in [-0.25, -0.2) is 0 Å². The SMILES string of the molecule is Clc1ccccc1C[NH+]1CC[NH2+]CC1. The Hall–Kier alpha value is -0.570. The van der Waals surface area contributed by atoms with Crippen molar-refractivity contribution in [3.05, 3.63) is 34.9 Å². The predicted octanol–water partition coefficient (Wildman–Crippen LogP) is -0.698. The summed E-state index contributed by atoms with van der Waals surface area (Å²) in [5, 5.41) is 3.30. The van der Waals surface area contributed by atoms with Gasteiger partial charge in [-0.05, 0) is 6.07 Å². The first-order valence-corrected chi connectivity index (χ1v) is 5.63. The maximum atomic E-state index is 6.12. The Balaban J connectivity index is 1.99. The third-order valence-corrected chi connectivity index (χ3v) is 3.17. The van der Waals surface area contributed by atoms with E-state index in [1.807, 2.05) is 12.1 Å². The highest BCUT2D eigenvalue weighted by Crippen LogP contribution is 2.13. The van der Waals surface area contributed by atoms with Gasteiger partial charge >= 0.3 is 0 Å². The molecular weight excluding hydrogens is 196 g/mol. The molecule has 1 saturated heterocycles. The molecule has 0 atom stereocenters. The molecule has 0 unspecified atom stereocenters. The highest BCUT2D eigenvalue weighted by atomic mass is 35.5. The summed E-state index contributed by atoms with van der Waals surface area (Å²) in [6, 6.07) is 8.17. The second kappa shape index (κ2) is 4.78. The molecule has 14 heavy (non-hydrogen) atoms. The van der Waals surface area contributed by atoms with Gasteiger partial charge in [-0.15, -0.1) is 0 Å². The van der Waals surface area contributed by atoms with Crippen molar-refractivity contribution in [2.24, 2.45) is 0 Å². The molecule has 76 valence electrons. The molecule has 3 N–H and O–H groups in total. The minimum absolute atomic E-state index is 0.912. The maximum Gasteiger partial charge on any atom is 0.127 e. The summed E-state index contributed by atoms with van der Waals surface area (Å²) < 4.78 is 0. The third kappa shape index (κ3) is 2.47. The number of quaternary nitrogens is 2. The van der Waals surface area contributed by atoms with Gasteiger partial charge < -0.3 is 10.2 Å². The Morgan fingerprint density at radius 3 is 2.64 bits per heavy atom. The van der Waals surface area contributed by atoms with Gasteiger partial charge in [0, 0.05) is 10.6 Å². The first-order chi connectivity index (χ1) is 6.86. The highest BCUT2D eigenvalue weighted by molar-refractivity contribution is 6.31. The van der Waals surface area contributed by atoms with Crippen LogP contribution in [-0.4, -0.2) is 26.2 Å². The van der Waals surface area contributed by atoms with Crippen LogP contribution in [0.3, 0.4) is 0 Å². The van der Waals surface area contributed by atoms with Crippen molar-refractivity contribution in [1.29, 1.82) is 0 Å². The van der Waals surface area contributed by atoms with Crippen molar-refractivity contribution in [1.82, 2.24) is 0 Å². The van der Waals surface area contributed by atoms with Crippen LogP contribution in [0, 0.1) is 0 Å². The van der Waals surface area contributed by atoms with Crippen LogP contribution in [0.2, 0.25) is 5.02 Å². The average molecular weight is 213 g/mol. The fourth-order valence-corrected chi connectivity index (χ4v) is 2.17. The van der Waals surface area contributed by atoms with E-state index in [0.717, 1.165) is 11.6 Å². The van der Waals surface area contributed by atoms with Gasteiger partial charge in [-0.2, -0.15) is 0 Å². The van der Waals surface area contributed by atoms with Gasteiger partial charge in [0.2, 0.25) is 0 Å². The smallest absolute Gasteiger partial charge is 0.127 e. The number of benzene rings is 1. The highest BCUT2D eigenvalue weighted by Gasteiger charge is 2.16. The fraction of sp³-hybridized carbons (Fsp3) is 0.455. The lowest BCUT2D eigenvalue weighted by Gasteiger charge is -2.22. The number of piperazine rings is 1. The Labute approximate surface area is 89.9 Å². The average Bonchev–Trinajstić information content (AvgIpc) is 2.23. The minimum atomic E-state index is 0.912. The van der Waals surface area contributed by atoms with Crippen molar-refractivity contribution < 1.29 is 10.2 Å². The van der Waals surface area contributed by atoms with E-state index in [2.05, 4.69) is 17.4 Å². The molecule has 2 nitrogen and oxygen atoms in total. The van der Waals surface area contributed by atoms with Crippen LogP contribution in [-0.2, 0) is 6.54 Å². The van der Waals surface area contributed by atoms with Gasteiger partial charge in [0.1, 0.15) is 32.7 Å². The molecule has 0 aliphatic carbocycles. The van der Waals surface area contributed by atoms with Gasteiger partial charge in [-0.3, -0.25) is 0 Å². The van der Waals surface area contributed by atoms with E-state index in [9.17, 15) is 0 Å². The lowest BCUT2D eigenvalue weighted by Crippen LogP contribution is -3.19. The van der Waals surface area contributed by atoms with E-state index in [-0.39, 0.29) is 0 Å². The summed E-state index contributed by atoms with van der Waals surface area (Å²) in [6.45, 7) is 6.09. The number of rotatable bonds is 2. The van der Waals surface area contributed by atoms with Crippen LogP contribution in [0.25, 0.3) is 0 Å².